The standard InChI is InChI=1S/C25H32O3/c1-5-9-15-13-16-14-20-22(21(16)23(26)17(15)10-6-2)18(11-7-3)19(12-8-4)24(27)25(20)28/h13-14,26-27H,5-12H2,1-4H3. The summed E-state index contributed by atoms with van der Waals surface area (Å²) in [4.78, 5) is 13.0. The number of rotatable bonds is 8. The molecule has 28 heavy (non-hydrogen) atoms. The van der Waals surface area contributed by atoms with Crippen molar-refractivity contribution < 1.29 is 15.0 Å². The zero-order chi connectivity index (χ0) is 20.4. The second kappa shape index (κ2) is 8.38. The van der Waals surface area contributed by atoms with Gasteiger partial charge in [0.15, 0.2) is 5.76 Å². The van der Waals surface area contributed by atoms with Crippen molar-refractivity contribution in [2.75, 3.05) is 0 Å². The monoisotopic (exact) mass is 380 g/mol. The van der Waals surface area contributed by atoms with Gasteiger partial charge in [0.05, 0.1) is 0 Å². The predicted molar refractivity (Wildman–Crippen MR) is 115 cm³/mol. The van der Waals surface area contributed by atoms with Crippen molar-refractivity contribution >= 4 is 17.4 Å². The van der Waals surface area contributed by atoms with Gasteiger partial charge >= 0.3 is 0 Å². The third-order valence-corrected chi connectivity index (χ3v) is 5.78. The highest BCUT2D eigenvalue weighted by molar-refractivity contribution is 6.26. The average molecular weight is 381 g/mol. The molecule has 2 N–H and O–H groups in total. The van der Waals surface area contributed by atoms with Gasteiger partial charge in [-0.3, -0.25) is 4.79 Å². The molecular formula is C25H32O3. The minimum atomic E-state index is -0.303. The average Bonchev–Trinajstić information content (AvgIpc) is 3.05. The zero-order valence-corrected chi connectivity index (χ0v) is 17.6. The fourth-order valence-electron chi connectivity index (χ4n) is 4.64. The Morgan fingerprint density at radius 3 is 2.04 bits per heavy atom. The van der Waals surface area contributed by atoms with Crippen LogP contribution in [0.15, 0.2) is 28.5 Å². The van der Waals surface area contributed by atoms with Crippen LogP contribution in [-0.4, -0.2) is 16.0 Å². The molecule has 3 heteroatoms. The van der Waals surface area contributed by atoms with Crippen LogP contribution in [0.3, 0.4) is 0 Å². The van der Waals surface area contributed by atoms with E-state index in [9.17, 15) is 15.0 Å². The fraction of sp³-hybridized carbons (Fsp3) is 0.480. The molecule has 3 rings (SSSR count). The van der Waals surface area contributed by atoms with Crippen molar-refractivity contribution in [2.24, 2.45) is 0 Å². The molecule has 0 radical (unpaired) electrons. The number of carbonyl (C=O) groups is 1. The number of phenols is 1. The van der Waals surface area contributed by atoms with Gasteiger partial charge in [0.2, 0.25) is 5.78 Å². The van der Waals surface area contributed by atoms with Crippen molar-refractivity contribution in [3.8, 4) is 5.75 Å². The van der Waals surface area contributed by atoms with Crippen molar-refractivity contribution in [1.82, 2.24) is 0 Å². The van der Waals surface area contributed by atoms with Gasteiger partial charge in [-0.2, -0.15) is 0 Å². The Labute approximate surface area is 168 Å². The van der Waals surface area contributed by atoms with Crippen molar-refractivity contribution in [1.29, 1.82) is 0 Å². The smallest absolute Gasteiger partial charge is 0.228 e. The molecule has 3 nitrogen and oxygen atoms in total. The van der Waals surface area contributed by atoms with E-state index >= 15 is 0 Å². The molecule has 0 bridgehead atoms. The van der Waals surface area contributed by atoms with Gasteiger partial charge in [-0.1, -0.05) is 59.4 Å². The Hall–Kier alpha value is -2.29. The number of phenolic OH excluding ortho intramolecular Hbond substituents is 1. The van der Waals surface area contributed by atoms with Gasteiger partial charge in [-0.25, -0.2) is 0 Å². The molecule has 0 aromatic heterocycles. The molecule has 1 aromatic rings. The number of aryl methyl sites for hydroxylation is 1. The highest BCUT2D eigenvalue weighted by Gasteiger charge is 2.37. The normalized spacial score (nSPS) is 15.9. The number of aliphatic hydroxyl groups is 1. The Morgan fingerprint density at radius 1 is 0.821 bits per heavy atom. The van der Waals surface area contributed by atoms with E-state index in [1.807, 2.05) is 6.08 Å². The molecule has 1 aromatic carbocycles. The lowest BCUT2D eigenvalue weighted by Gasteiger charge is -2.24. The largest absolute Gasteiger partial charge is 0.507 e. The van der Waals surface area contributed by atoms with E-state index in [0.29, 0.717) is 17.7 Å². The SMILES string of the molecule is CCCC1=C(O)C(=O)C2=Cc3cc(CCC)c(CCC)c(O)c3C2=C1CCC. The summed E-state index contributed by atoms with van der Waals surface area (Å²) in [5.41, 5.74) is 7.12. The van der Waals surface area contributed by atoms with E-state index < -0.39 is 0 Å². The van der Waals surface area contributed by atoms with Crippen molar-refractivity contribution in [2.45, 2.75) is 79.1 Å². The van der Waals surface area contributed by atoms with Gasteiger partial charge in [-0.15, -0.1) is 0 Å². The molecule has 0 heterocycles. The lowest BCUT2D eigenvalue weighted by atomic mass is 9.80. The lowest BCUT2D eigenvalue weighted by Crippen LogP contribution is -2.17. The molecule has 0 fully saturated rings. The van der Waals surface area contributed by atoms with Crippen LogP contribution in [0.25, 0.3) is 11.6 Å². The number of aromatic hydroxyl groups is 1. The van der Waals surface area contributed by atoms with Gasteiger partial charge in [-0.05, 0) is 54.0 Å². The van der Waals surface area contributed by atoms with Crippen LogP contribution in [0.2, 0.25) is 0 Å². The first-order valence-electron chi connectivity index (χ1n) is 10.8. The second-order valence-corrected chi connectivity index (χ2v) is 7.89. The number of hydrogen-bond acceptors (Lipinski definition) is 3. The maximum absolute atomic E-state index is 13.0. The molecule has 0 saturated heterocycles. The molecule has 0 unspecified atom stereocenters. The molecule has 150 valence electrons. The second-order valence-electron chi connectivity index (χ2n) is 7.89. The number of carbonyl (C=O) groups excluding carboxylic acids is 1. The van der Waals surface area contributed by atoms with E-state index in [4.69, 9.17) is 0 Å². The van der Waals surface area contributed by atoms with Crippen LogP contribution in [0.4, 0.5) is 0 Å². The zero-order valence-electron chi connectivity index (χ0n) is 17.6. The van der Waals surface area contributed by atoms with Gasteiger partial charge < -0.3 is 10.2 Å². The van der Waals surface area contributed by atoms with Gasteiger partial charge in [0.1, 0.15) is 5.75 Å². The number of aliphatic hydroxyl groups excluding tert-OH is 1. The quantitative estimate of drug-likeness (QED) is 0.545. The minimum absolute atomic E-state index is 0.102. The first kappa shape index (κ1) is 20.4. The van der Waals surface area contributed by atoms with Gasteiger partial charge in [0, 0.05) is 22.3 Å². The van der Waals surface area contributed by atoms with E-state index in [1.54, 1.807) is 0 Å². The minimum Gasteiger partial charge on any atom is -0.507 e. The molecule has 0 saturated carbocycles. The molecule has 2 aliphatic carbocycles. The van der Waals surface area contributed by atoms with Crippen LogP contribution >= 0.6 is 0 Å². The fourth-order valence-corrected chi connectivity index (χ4v) is 4.64. The number of fused-ring (bicyclic) bond motifs is 3. The Kier molecular flexibility index (Phi) is 6.12. The van der Waals surface area contributed by atoms with Crippen LogP contribution in [-0.2, 0) is 17.6 Å². The summed E-state index contributed by atoms with van der Waals surface area (Å²) in [6, 6.07) is 2.15. The first-order valence-corrected chi connectivity index (χ1v) is 10.8. The predicted octanol–water partition coefficient (Wildman–Crippen LogP) is 6.44. The van der Waals surface area contributed by atoms with Crippen molar-refractivity contribution in [3.63, 3.8) is 0 Å². The maximum atomic E-state index is 13.0. The maximum Gasteiger partial charge on any atom is 0.228 e. The Bertz CT molecular complexity index is 897. The Morgan fingerprint density at radius 2 is 1.43 bits per heavy atom. The molecule has 2 aliphatic rings. The van der Waals surface area contributed by atoms with E-state index in [0.717, 1.165) is 78.4 Å². The van der Waals surface area contributed by atoms with Crippen LogP contribution in [0.5, 0.6) is 5.75 Å². The summed E-state index contributed by atoms with van der Waals surface area (Å²) < 4.78 is 0. The lowest BCUT2D eigenvalue weighted by molar-refractivity contribution is -0.114. The number of benzene rings is 1. The van der Waals surface area contributed by atoms with Gasteiger partial charge in [0.25, 0.3) is 0 Å². The van der Waals surface area contributed by atoms with Crippen LogP contribution in [0.1, 0.15) is 88.5 Å². The highest BCUT2D eigenvalue weighted by atomic mass is 16.3. The molecule has 0 aliphatic heterocycles. The summed E-state index contributed by atoms with van der Waals surface area (Å²) in [6.45, 7) is 8.43. The summed E-state index contributed by atoms with van der Waals surface area (Å²) in [5, 5.41) is 21.9. The summed E-state index contributed by atoms with van der Waals surface area (Å²) in [5.74, 6) is -0.0687. The summed E-state index contributed by atoms with van der Waals surface area (Å²) in [6.07, 6.45) is 8.84. The van der Waals surface area contributed by atoms with Crippen LogP contribution < -0.4 is 0 Å². The molecule has 0 spiro atoms. The number of ketones is 1. The number of hydrogen-bond donors (Lipinski definition) is 2. The van der Waals surface area contributed by atoms with E-state index in [2.05, 4.69) is 33.8 Å². The first-order chi connectivity index (χ1) is 13.5. The van der Waals surface area contributed by atoms with Crippen molar-refractivity contribution in [3.05, 3.63) is 50.8 Å². The number of Topliss-reactive ketones (excluding diaryl/α,β-unsaturated/α-hetero) is 1. The van der Waals surface area contributed by atoms with E-state index in [1.165, 1.54) is 5.56 Å². The number of allylic oxidation sites excluding steroid dienone is 4. The third kappa shape index (κ3) is 3.21. The molecule has 0 atom stereocenters. The molecular weight excluding hydrogens is 348 g/mol. The topological polar surface area (TPSA) is 57.5 Å². The van der Waals surface area contributed by atoms with E-state index in [-0.39, 0.29) is 11.5 Å². The summed E-state index contributed by atoms with van der Waals surface area (Å²) in [7, 11) is 0. The van der Waals surface area contributed by atoms with Crippen LogP contribution in [0, 0.1) is 0 Å². The Balaban J connectivity index is 2.31. The highest BCUT2D eigenvalue weighted by Crippen LogP contribution is 2.51. The molecule has 0 amide bonds. The third-order valence-electron chi connectivity index (χ3n) is 5.78. The summed E-state index contributed by atoms with van der Waals surface area (Å²) >= 11 is 0.